The molecular weight excluding hydrogens is 357 g/mol. The third kappa shape index (κ3) is 6.16. The average molecular weight is 382 g/mol. The van der Waals surface area contributed by atoms with Crippen molar-refractivity contribution in [1.82, 2.24) is 5.32 Å². The van der Waals surface area contributed by atoms with Crippen LogP contribution < -0.4 is 14.8 Å². The van der Waals surface area contributed by atoms with Crippen molar-refractivity contribution in [3.05, 3.63) is 58.4 Å². The summed E-state index contributed by atoms with van der Waals surface area (Å²) in [7, 11) is 1.69. The molecule has 0 atom stereocenters. The molecule has 2 rings (SSSR count). The summed E-state index contributed by atoms with van der Waals surface area (Å²) in [5, 5.41) is 3.78. The zero-order valence-electron chi connectivity index (χ0n) is 15.2. The van der Waals surface area contributed by atoms with Gasteiger partial charge in [0.05, 0.1) is 11.6 Å². The van der Waals surface area contributed by atoms with Crippen LogP contribution in [0.5, 0.6) is 11.5 Å². The second-order valence-corrected chi connectivity index (χ2v) is 6.15. The van der Waals surface area contributed by atoms with Crippen LogP contribution in [0.1, 0.15) is 24.5 Å². The Hall–Kier alpha value is -1.82. The van der Waals surface area contributed by atoms with Gasteiger partial charge in [0.1, 0.15) is 12.4 Å². The molecule has 0 fully saturated rings. The minimum atomic E-state index is -0.307. The third-order valence-electron chi connectivity index (χ3n) is 3.73. The van der Waals surface area contributed by atoms with Crippen molar-refractivity contribution in [1.29, 1.82) is 0 Å². The lowest BCUT2D eigenvalue weighted by molar-refractivity contribution is 0.194. The highest BCUT2D eigenvalue weighted by Gasteiger charge is 2.14. The Labute approximate surface area is 159 Å². The normalized spacial score (nSPS) is 10.8. The molecular formula is C20H25ClFNO3. The van der Waals surface area contributed by atoms with Gasteiger partial charge in [0, 0.05) is 25.8 Å². The van der Waals surface area contributed by atoms with E-state index in [2.05, 4.69) is 5.32 Å². The number of hydrogen-bond acceptors (Lipinski definition) is 4. The zero-order chi connectivity index (χ0) is 18.8. The molecule has 0 bridgehead atoms. The molecule has 0 aliphatic heterocycles. The minimum absolute atomic E-state index is 0.0844. The quantitative estimate of drug-likeness (QED) is 0.578. The molecule has 142 valence electrons. The molecule has 0 aliphatic rings. The van der Waals surface area contributed by atoms with Gasteiger partial charge in [-0.1, -0.05) is 29.8 Å². The van der Waals surface area contributed by atoms with Crippen molar-refractivity contribution >= 4 is 11.6 Å². The minimum Gasteiger partial charge on any atom is -0.490 e. The van der Waals surface area contributed by atoms with Crippen LogP contribution in [-0.4, -0.2) is 26.9 Å². The summed E-state index contributed by atoms with van der Waals surface area (Å²) in [6, 6.07) is 10.2. The summed E-state index contributed by atoms with van der Waals surface area (Å²) in [5.41, 5.74) is 1.46. The SMILES string of the molecule is CCOc1cc(CNCCCOC)cc(Cl)c1OCc1ccccc1F. The highest BCUT2D eigenvalue weighted by atomic mass is 35.5. The summed E-state index contributed by atoms with van der Waals surface area (Å²) in [6.07, 6.45) is 0.937. The van der Waals surface area contributed by atoms with Crippen LogP contribution in [0.25, 0.3) is 0 Å². The van der Waals surface area contributed by atoms with Gasteiger partial charge in [0.2, 0.25) is 0 Å². The standard InChI is InChI=1S/C20H25ClFNO3/c1-3-25-19-12-15(13-23-9-6-10-24-2)11-17(21)20(19)26-14-16-7-4-5-8-18(16)22/h4-5,7-8,11-12,23H,3,6,9-10,13-14H2,1-2H3. The van der Waals surface area contributed by atoms with Gasteiger partial charge in [-0.05, 0) is 43.7 Å². The first kappa shape index (κ1) is 20.5. The number of halogens is 2. The van der Waals surface area contributed by atoms with Gasteiger partial charge in [-0.25, -0.2) is 4.39 Å². The number of rotatable bonds is 11. The first-order valence-electron chi connectivity index (χ1n) is 8.66. The van der Waals surface area contributed by atoms with Gasteiger partial charge in [-0.2, -0.15) is 0 Å². The molecule has 0 saturated carbocycles. The molecule has 0 saturated heterocycles. The topological polar surface area (TPSA) is 39.7 Å². The summed E-state index contributed by atoms with van der Waals surface area (Å²) in [5.74, 6) is 0.684. The van der Waals surface area contributed by atoms with Gasteiger partial charge in [-0.15, -0.1) is 0 Å². The Morgan fingerprint density at radius 3 is 2.69 bits per heavy atom. The molecule has 0 radical (unpaired) electrons. The van der Waals surface area contributed by atoms with Crippen LogP contribution in [0.4, 0.5) is 4.39 Å². The lowest BCUT2D eigenvalue weighted by Gasteiger charge is -2.16. The van der Waals surface area contributed by atoms with Crippen LogP contribution in [0, 0.1) is 5.82 Å². The first-order chi connectivity index (χ1) is 12.7. The van der Waals surface area contributed by atoms with E-state index in [4.69, 9.17) is 25.8 Å². The smallest absolute Gasteiger partial charge is 0.180 e. The van der Waals surface area contributed by atoms with E-state index in [9.17, 15) is 4.39 Å². The highest BCUT2D eigenvalue weighted by molar-refractivity contribution is 6.32. The molecule has 0 unspecified atom stereocenters. The molecule has 2 aromatic rings. The number of methoxy groups -OCH3 is 1. The fourth-order valence-electron chi connectivity index (χ4n) is 2.47. The van der Waals surface area contributed by atoms with Crippen molar-refractivity contribution in [2.24, 2.45) is 0 Å². The third-order valence-corrected chi connectivity index (χ3v) is 4.01. The summed E-state index contributed by atoms with van der Waals surface area (Å²) in [4.78, 5) is 0. The van der Waals surface area contributed by atoms with E-state index < -0.39 is 0 Å². The van der Waals surface area contributed by atoms with Crippen LogP contribution in [0.2, 0.25) is 5.02 Å². The maximum absolute atomic E-state index is 13.8. The highest BCUT2D eigenvalue weighted by Crippen LogP contribution is 2.37. The largest absolute Gasteiger partial charge is 0.490 e. The van der Waals surface area contributed by atoms with Crippen molar-refractivity contribution in [3.63, 3.8) is 0 Å². The Morgan fingerprint density at radius 1 is 1.15 bits per heavy atom. The molecule has 2 aromatic carbocycles. The maximum atomic E-state index is 13.8. The molecule has 4 nitrogen and oxygen atoms in total. The van der Waals surface area contributed by atoms with Gasteiger partial charge in [0.15, 0.2) is 11.5 Å². The fraction of sp³-hybridized carbons (Fsp3) is 0.400. The van der Waals surface area contributed by atoms with Crippen molar-refractivity contribution in [2.45, 2.75) is 26.5 Å². The van der Waals surface area contributed by atoms with Crippen molar-refractivity contribution < 1.29 is 18.6 Å². The number of hydrogen-bond donors (Lipinski definition) is 1. The first-order valence-corrected chi connectivity index (χ1v) is 9.04. The predicted octanol–water partition coefficient (Wildman–Crippen LogP) is 4.58. The molecule has 0 aliphatic carbocycles. The molecule has 0 amide bonds. The van der Waals surface area contributed by atoms with Crippen molar-refractivity contribution in [3.8, 4) is 11.5 Å². The molecule has 0 spiro atoms. The van der Waals surface area contributed by atoms with Crippen LogP contribution >= 0.6 is 11.6 Å². The van der Waals surface area contributed by atoms with E-state index in [1.54, 1.807) is 25.3 Å². The van der Waals surface area contributed by atoms with Gasteiger partial charge in [-0.3, -0.25) is 0 Å². The summed E-state index contributed by atoms with van der Waals surface area (Å²) in [6.45, 7) is 4.70. The maximum Gasteiger partial charge on any atom is 0.180 e. The average Bonchev–Trinajstić information content (AvgIpc) is 2.62. The van der Waals surface area contributed by atoms with E-state index in [0.29, 0.717) is 35.2 Å². The van der Waals surface area contributed by atoms with Gasteiger partial charge in [0.25, 0.3) is 0 Å². The van der Waals surface area contributed by atoms with Crippen LogP contribution in [0.15, 0.2) is 36.4 Å². The zero-order valence-corrected chi connectivity index (χ0v) is 15.9. The van der Waals surface area contributed by atoms with E-state index >= 15 is 0 Å². The van der Waals surface area contributed by atoms with Crippen LogP contribution in [0.3, 0.4) is 0 Å². The molecule has 1 N–H and O–H groups in total. The monoisotopic (exact) mass is 381 g/mol. The second-order valence-electron chi connectivity index (χ2n) is 5.74. The lowest BCUT2D eigenvalue weighted by Crippen LogP contribution is -2.16. The molecule has 0 heterocycles. The number of benzene rings is 2. The molecule has 0 aromatic heterocycles. The van der Waals surface area contributed by atoms with E-state index in [1.165, 1.54) is 6.07 Å². The van der Waals surface area contributed by atoms with Gasteiger partial charge >= 0.3 is 0 Å². The Morgan fingerprint density at radius 2 is 1.96 bits per heavy atom. The van der Waals surface area contributed by atoms with Crippen molar-refractivity contribution in [2.75, 3.05) is 26.9 Å². The van der Waals surface area contributed by atoms with Gasteiger partial charge < -0.3 is 19.5 Å². The summed E-state index contributed by atoms with van der Waals surface area (Å²) >= 11 is 6.39. The Kier molecular flexibility index (Phi) is 8.68. The van der Waals surface area contributed by atoms with Crippen LogP contribution in [-0.2, 0) is 17.9 Å². The summed E-state index contributed by atoms with van der Waals surface area (Å²) < 4.78 is 30.2. The number of nitrogens with one attached hydrogen (secondary N) is 1. The van der Waals surface area contributed by atoms with E-state index in [-0.39, 0.29) is 12.4 Å². The Bertz CT molecular complexity index is 697. The fourth-order valence-corrected chi connectivity index (χ4v) is 2.75. The second kappa shape index (κ2) is 11.0. The van der Waals surface area contributed by atoms with E-state index in [1.807, 2.05) is 19.1 Å². The number of ether oxygens (including phenoxy) is 3. The Balaban J connectivity index is 2.06. The predicted molar refractivity (Wildman–Crippen MR) is 102 cm³/mol. The molecule has 26 heavy (non-hydrogen) atoms. The lowest BCUT2D eigenvalue weighted by atomic mass is 10.2. The van der Waals surface area contributed by atoms with E-state index in [0.717, 1.165) is 25.1 Å². The molecule has 6 heteroatoms.